The van der Waals surface area contributed by atoms with Gasteiger partial charge in [0.25, 0.3) is 0 Å². The van der Waals surface area contributed by atoms with E-state index in [1.807, 2.05) is 0 Å². The van der Waals surface area contributed by atoms with Crippen molar-refractivity contribution in [3.8, 4) is 0 Å². The van der Waals surface area contributed by atoms with Crippen LogP contribution in [0.2, 0.25) is 0 Å². The second-order valence-corrected chi connectivity index (χ2v) is 2.20. The molecule has 0 aromatic carbocycles. The van der Waals surface area contributed by atoms with Gasteiger partial charge in [0.1, 0.15) is 0 Å². The van der Waals surface area contributed by atoms with Gasteiger partial charge in [0, 0.05) is 0 Å². The zero-order chi connectivity index (χ0) is 7.15. The summed E-state index contributed by atoms with van der Waals surface area (Å²) < 4.78 is 49.0. The minimum atomic E-state index is -4.08. The van der Waals surface area contributed by atoms with Crippen molar-refractivity contribution in [2.75, 3.05) is 0 Å². The van der Waals surface area contributed by atoms with Crippen molar-refractivity contribution in [3.05, 3.63) is 0 Å². The van der Waals surface area contributed by atoms with Crippen molar-refractivity contribution in [3.63, 3.8) is 0 Å². The predicted octanol–water partition coefficient (Wildman–Crippen LogP) is -4.12. The van der Waals surface area contributed by atoms with E-state index in [0.29, 0.717) is 0 Å². The maximum absolute atomic E-state index is 8.81. The van der Waals surface area contributed by atoms with Gasteiger partial charge in [-0.3, -0.25) is 0 Å². The van der Waals surface area contributed by atoms with E-state index in [0.717, 1.165) is 0 Å². The van der Waals surface area contributed by atoms with Gasteiger partial charge < -0.3 is 0 Å². The zero-order valence-corrected chi connectivity index (χ0v) is 9.57. The van der Waals surface area contributed by atoms with Gasteiger partial charge >= 0.3 is 96.4 Å². The van der Waals surface area contributed by atoms with Gasteiger partial charge in [-0.05, 0) is 0 Å². The third kappa shape index (κ3) is 148. The van der Waals surface area contributed by atoms with Gasteiger partial charge in [-0.2, -0.15) is 0 Å². The van der Waals surface area contributed by atoms with E-state index in [2.05, 4.69) is 0 Å². The second-order valence-electron chi connectivity index (χ2n) is 0.533. The molecular formula is H2CaO6Ti2. The van der Waals surface area contributed by atoms with E-state index in [1.54, 1.807) is 0 Å². The Morgan fingerprint density at radius 2 is 1.11 bits per heavy atom. The average Bonchev–Trinajstić information content (AvgIpc) is 1.25. The standard InChI is InChI=1S/Ca.2H2O.4O.2Ti/h;2*1H2;;;;;;/q+2;;;;;2*-1;;+2/p-2. The molecule has 0 aliphatic heterocycles. The molecular weight excluding hydrogens is 232 g/mol. The molecule has 0 aromatic rings. The Morgan fingerprint density at radius 3 is 1.11 bits per heavy atom. The van der Waals surface area contributed by atoms with Gasteiger partial charge in [0.15, 0.2) is 0 Å². The Morgan fingerprint density at radius 1 is 1.11 bits per heavy atom. The maximum atomic E-state index is 8.81. The number of rotatable bonds is 0. The molecule has 0 radical (unpaired) electrons. The molecule has 2 N–H and O–H groups in total. The first kappa shape index (κ1) is 17.3. The fourth-order valence-electron chi connectivity index (χ4n) is 0. The van der Waals surface area contributed by atoms with E-state index in [1.165, 1.54) is 0 Å². The fourth-order valence-corrected chi connectivity index (χ4v) is 0. The van der Waals surface area contributed by atoms with E-state index >= 15 is 0 Å². The topological polar surface area (TPSA) is 121 Å². The van der Waals surface area contributed by atoms with Crippen molar-refractivity contribution in [2.45, 2.75) is 0 Å². The van der Waals surface area contributed by atoms with E-state index in [9.17, 15) is 0 Å². The van der Waals surface area contributed by atoms with Crippen LogP contribution >= 0.6 is 0 Å². The molecule has 0 atom stereocenters. The molecule has 0 bridgehead atoms. The summed E-state index contributed by atoms with van der Waals surface area (Å²) in [6.07, 6.45) is 0. The molecule has 0 aliphatic rings. The van der Waals surface area contributed by atoms with Crippen molar-refractivity contribution < 1.29 is 58.6 Å². The Labute approximate surface area is 94.7 Å². The first-order valence-electron chi connectivity index (χ1n) is 1.26. The number of hydrogen-bond acceptors (Lipinski definition) is 4. The molecule has 48 valence electrons. The molecule has 9 heavy (non-hydrogen) atoms. The third-order valence-electron chi connectivity index (χ3n) is 0. The summed E-state index contributed by atoms with van der Waals surface area (Å²) in [4.78, 5) is 0. The van der Waals surface area contributed by atoms with Crippen LogP contribution in [0.4, 0.5) is 0 Å². The molecule has 0 saturated heterocycles. The quantitative estimate of drug-likeness (QED) is 0.410. The van der Waals surface area contributed by atoms with Crippen molar-refractivity contribution in [2.24, 2.45) is 0 Å². The monoisotopic (exact) mass is 234 g/mol. The first-order chi connectivity index (χ1) is 3.46. The first-order valence-corrected chi connectivity index (χ1v) is 5.21. The Kier molecular flexibility index (Phi) is 24.5. The van der Waals surface area contributed by atoms with Gasteiger partial charge in [-0.1, -0.05) is 0 Å². The molecule has 6 nitrogen and oxygen atoms in total. The van der Waals surface area contributed by atoms with Crippen LogP contribution in [0.15, 0.2) is 0 Å². The summed E-state index contributed by atoms with van der Waals surface area (Å²) in [5, 5.41) is 0. The molecule has 9 heteroatoms. The minimum absolute atomic E-state index is 0. The summed E-state index contributed by atoms with van der Waals surface area (Å²) >= 11 is -7.67. The molecule has 0 spiro atoms. The van der Waals surface area contributed by atoms with Crippen LogP contribution in [-0.2, 0) is 43.9 Å². The second kappa shape index (κ2) is 12.8. The van der Waals surface area contributed by atoms with Gasteiger partial charge in [-0.15, -0.1) is 0 Å². The van der Waals surface area contributed by atoms with Crippen LogP contribution < -0.4 is 7.38 Å². The molecule has 0 aromatic heterocycles. The average molecular weight is 234 g/mol. The van der Waals surface area contributed by atoms with Crippen LogP contribution in [0.5, 0.6) is 0 Å². The normalized spacial score (nSPS) is 5.78. The third-order valence-corrected chi connectivity index (χ3v) is 0. The molecule has 0 amide bonds. The van der Waals surface area contributed by atoms with E-state index < -0.39 is 37.2 Å². The van der Waals surface area contributed by atoms with Crippen LogP contribution in [-0.4, -0.2) is 45.1 Å². The number of hydrogen-bond donors (Lipinski definition) is 2. The summed E-state index contributed by atoms with van der Waals surface area (Å²) in [5.41, 5.74) is 0. The van der Waals surface area contributed by atoms with Crippen LogP contribution in [0, 0.1) is 0 Å². The Balaban J connectivity index is -0.0000000720. The molecule has 0 unspecified atom stereocenters. The van der Waals surface area contributed by atoms with Gasteiger partial charge in [0.05, 0.1) is 0 Å². The van der Waals surface area contributed by atoms with Crippen molar-refractivity contribution >= 4 is 37.7 Å². The van der Waals surface area contributed by atoms with Crippen molar-refractivity contribution in [1.82, 2.24) is 0 Å². The molecule has 0 aliphatic carbocycles. The van der Waals surface area contributed by atoms with Gasteiger partial charge in [0.2, 0.25) is 0 Å². The summed E-state index contributed by atoms with van der Waals surface area (Å²) in [7, 11) is 0. The molecule has 0 fully saturated rings. The SMILES string of the molecule is [Ca+2].[O]=[Ti]([O-])[O-].[O]=[Ti]([OH])[OH]. The van der Waals surface area contributed by atoms with Crippen LogP contribution in [0.25, 0.3) is 0 Å². The van der Waals surface area contributed by atoms with E-state index in [4.69, 9.17) is 21.4 Å². The molecule has 0 saturated carbocycles. The Bertz CT molecular complexity index is 69.1. The predicted molar refractivity (Wildman–Crippen MR) is 11.6 cm³/mol. The van der Waals surface area contributed by atoms with Gasteiger partial charge in [-0.25, -0.2) is 0 Å². The van der Waals surface area contributed by atoms with Crippen LogP contribution in [0.3, 0.4) is 0 Å². The van der Waals surface area contributed by atoms with E-state index in [-0.39, 0.29) is 37.7 Å². The zero-order valence-electron chi connectivity index (χ0n) is 4.23. The van der Waals surface area contributed by atoms with Crippen LogP contribution in [0.1, 0.15) is 0 Å². The molecule has 0 rings (SSSR count). The molecule has 0 heterocycles. The summed E-state index contributed by atoms with van der Waals surface area (Å²) in [6, 6.07) is 0. The summed E-state index contributed by atoms with van der Waals surface area (Å²) in [6.45, 7) is 0. The van der Waals surface area contributed by atoms with Crippen molar-refractivity contribution in [1.29, 1.82) is 0 Å². The fraction of sp³-hybridized carbons (Fsp3) is 0. The Hall–Kier alpha value is 2.13. The summed E-state index contributed by atoms with van der Waals surface area (Å²) in [5.74, 6) is 0.